The summed E-state index contributed by atoms with van der Waals surface area (Å²) >= 11 is 1.61. The van der Waals surface area contributed by atoms with Gasteiger partial charge in [0.15, 0.2) is 5.96 Å². The number of nitrogens with one attached hydrogen (secondary N) is 2. The first-order chi connectivity index (χ1) is 12.8. The number of halogens is 5. The summed E-state index contributed by atoms with van der Waals surface area (Å²) in [6, 6.07) is 2.63. The summed E-state index contributed by atoms with van der Waals surface area (Å²) in [5.74, 6) is -0.497. The second kappa shape index (κ2) is 11.5. The van der Waals surface area contributed by atoms with Crippen LogP contribution < -0.4 is 10.6 Å². The first kappa shape index (κ1) is 24.6. The number of aromatic nitrogens is 1. The van der Waals surface area contributed by atoms with Crippen molar-refractivity contribution in [2.24, 2.45) is 4.99 Å². The Morgan fingerprint density at radius 1 is 1.25 bits per heavy atom. The highest BCUT2D eigenvalue weighted by molar-refractivity contribution is 14.0. The number of thiazole rings is 1. The molecule has 0 saturated heterocycles. The number of benzene rings is 1. The topological polar surface area (TPSA) is 49.3 Å². The molecule has 0 aliphatic heterocycles. The van der Waals surface area contributed by atoms with Crippen molar-refractivity contribution in [1.29, 1.82) is 0 Å². The van der Waals surface area contributed by atoms with Crippen LogP contribution in [0.25, 0.3) is 0 Å². The molecule has 2 aromatic rings. The highest BCUT2D eigenvalue weighted by Gasteiger charge is 2.33. The first-order valence-electron chi connectivity index (χ1n) is 8.58. The fraction of sp³-hybridized carbons (Fsp3) is 0.444. The number of hydrogen-bond donors (Lipinski definition) is 2. The molecule has 0 aliphatic carbocycles. The van der Waals surface area contributed by atoms with E-state index in [2.05, 4.69) is 20.6 Å². The maximum absolute atomic E-state index is 13.2. The molecule has 1 heterocycles. The summed E-state index contributed by atoms with van der Waals surface area (Å²) in [6.45, 7) is 4.80. The third-order valence-electron chi connectivity index (χ3n) is 3.66. The molecule has 0 saturated carbocycles. The van der Waals surface area contributed by atoms with Crippen LogP contribution >= 0.6 is 35.3 Å². The van der Waals surface area contributed by atoms with Crippen molar-refractivity contribution < 1.29 is 17.6 Å². The van der Waals surface area contributed by atoms with Crippen molar-refractivity contribution in [3.05, 3.63) is 51.2 Å². The predicted molar refractivity (Wildman–Crippen MR) is 115 cm³/mol. The van der Waals surface area contributed by atoms with Crippen molar-refractivity contribution in [3.63, 3.8) is 0 Å². The number of aliphatic imine (C=N–C) groups is 1. The molecular formula is C18H23F4IN4S. The summed E-state index contributed by atoms with van der Waals surface area (Å²) in [5, 5.41) is 9.14. The van der Waals surface area contributed by atoms with E-state index in [1.165, 1.54) is 0 Å². The SMILES string of the molecule is CCNC(=NCc1ccc(F)cc1C(F)(F)F)NCCCc1nc(C)cs1.I. The molecule has 0 fully saturated rings. The van der Waals surface area contributed by atoms with Crippen LogP contribution in [0.2, 0.25) is 0 Å². The van der Waals surface area contributed by atoms with Gasteiger partial charge in [-0.25, -0.2) is 14.4 Å². The van der Waals surface area contributed by atoms with Gasteiger partial charge in [-0.2, -0.15) is 13.2 Å². The molecule has 2 N–H and O–H groups in total. The third kappa shape index (κ3) is 7.90. The molecule has 0 bridgehead atoms. The number of hydrogen-bond acceptors (Lipinski definition) is 3. The normalized spacial score (nSPS) is 11.9. The van der Waals surface area contributed by atoms with Crippen LogP contribution in [0, 0.1) is 12.7 Å². The smallest absolute Gasteiger partial charge is 0.357 e. The van der Waals surface area contributed by atoms with Gasteiger partial charge in [-0.15, -0.1) is 35.3 Å². The predicted octanol–water partition coefficient (Wildman–Crippen LogP) is 4.92. The van der Waals surface area contributed by atoms with E-state index in [1.54, 1.807) is 11.3 Å². The Bertz CT molecular complexity index is 777. The minimum Gasteiger partial charge on any atom is -0.357 e. The van der Waals surface area contributed by atoms with Crippen LogP contribution in [0.4, 0.5) is 17.6 Å². The largest absolute Gasteiger partial charge is 0.416 e. The Kier molecular flexibility index (Phi) is 10.1. The van der Waals surface area contributed by atoms with E-state index in [4.69, 9.17) is 0 Å². The molecule has 28 heavy (non-hydrogen) atoms. The summed E-state index contributed by atoms with van der Waals surface area (Å²) in [7, 11) is 0. The molecule has 2 rings (SSSR count). The average molecular weight is 530 g/mol. The van der Waals surface area contributed by atoms with Gasteiger partial charge in [0.2, 0.25) is 0 Å². The molecule has 0 spiro atoms. The van der Waals surface area contributed by atoms with Gasteiger partial charge >= 0.3 is 6.18 Å². The molecule has 0 radical (unpaired) electrons. The minimum atomic E-state index is -4.62. The van der Waals surface area contributed by atoms with Crippen LogP contribution in [0.3, 0.4) is 0 Å². The zero-order valence-corrected chi connectivity index (χ0v) is 18.7. The van der Waals surface area contributed by atoms with Crippen LogP contribution in [0.5, 0.6) is 0 Å². The summed E-state index contributed by atoms with van der Waals surface area (Å²) in [6.07, 6.45) is -2.98. The molecule has 1 aromatic carbocycles. The zero-order valence-electron chi connectivity index (χ0n) is 15.6. The Morgan fingerprint density at radius 2 is 2.00 bits per heavy atom. The number of nitrogens with zero attached hydrogens (tertiary/aromatic N) is 2. The van der Waals surface area contributed by atoms with Gasteiger partial charge < -0.3 is 10.6 Å². The van der Waals surface area contributed by atoms with E-state index in [9.17, 15) is 17.6 Å². The van der Waals surface area contributed by atoms with E-state index in [-0.39, 0.29) is 36.1 Å². The number of aryl methyl sites for hydroxylation is 2. The number of alkyl halides is 3. The Morgan fingerprint density at radius 3 is 2.61 bits per heavy atom. The minimum absolute atomic E-state index is 0. The van der Waals surface area contributed by atoms with Crippen molar-refractivity contribution in [3.8, 4) is 0 Å². The lowest BCUT2D eigenvalue weighted by molar-refractivity contribution is -0.138. The highest BCUT2D eigenvalue weighted by atomic mass is 127. The van der Waals surface area contributed by atoms with Crippen LogP contribution in [-0.2, 0) is 19.1 Å². The molecule has 0 amide bonds. The van der Waals surface area contributed by atoms with E-state index >= 15 is 0 Å². The van der Waals surface area contributed by atoms with E-state index in [1.807, 2.05) is 19.2 Å². The van der Waals surface area contributed by atoms with Gasteiger partial charge in [0.25, 0.3) is 0 Å². The average Bonchev–Trinajstić information content (AvgIpc) is 3.01. The van der Waals surface area contributed by atoms with Crippen LogP contribution in [0.1, 0.15) is 35.2 Å². The van der Waals surface area contributed by atoms with E-state index < -0.39 is 17.6 Å². The second-order valence-corrected chi connectivity index (χ2v) is 6.85. The molecule has 4 nitrogen and oxygen atoms in total. The maximum atomic E-state index is 13.2. The lowest BCUT2D eigenvalue weighted by Gasteiger charge is -2.14. The number of rotatable bonds is 7. The lowest BCUT2D eigenvalue weighted by Crippen LogP contribution is -2.37. The van der Waals surface area contributed by atoms with Crippen molar-refractivity contribution in [1.82, 2.24) is 15.6 Å². The first-order valence-corrected chi connectivity index (χ1v) is 9.46. The van der Waals surface area contributed by atoms with Crippen LogP contribution in [0.15, 0.2) is 28.6 Å². The molecule has 0 unspecified atom stereocenters. The van der Waals surface area contributed by atoms with E-state index in [0.717, 1.165) is 35.7 Å². The lowest BCUT2D eigenvalue weighted by atomic mass is 10.1. The zero-order chi connectivity index (χ0) is 19.9. The van der Waals surface area contributed by atoms with Crippen molar-refractivity contribution in [2.75, 3.05) is 13.1 Å². The summed E-state index contributed by atoms with van der Waals surface area (Å²) in [4.78, 5) is 8.58. The monoisotopic (exact) mass is 530 g/mol. The van der Waals surface area contributed by atoms with Gasteiger partial charge in [-0.3, -0.25) is 0 Å². The van der Waals surface area contributed by atoms with Gasteiger partial charge in [0.05, 0.1) is 17.1 Å². The number of guanidine groups is 1. The summed E-state index contributed by atoms with van der Waals surface area (Å²) in [5.41, 5.74) is -0.0711. The Hall–Kier alpha value is -1.43. The van der Waals surface area contributed by atoms with Gasteiger partial charge in [0, 0.05) is 30.6 Å². The molecule has 10 heteroatoms. The van der Waals surface area contributed by atoms with E-state index in [0.29, 0.717) is 25.1 Å². The maximum Gasteiger partial charge on any atom is 0.416 e. The fourth-order valence-corrected chi connectivity index (χ4v) is 3.24. The molecule has 0 atom stereocenters. The third-order valence-corrected chi connectivity index (χ3v) is 4.68. The second-order valence-electron chi connectivity index (χ2n) is 5.91. The molecular weight excluding hydrogens is 507 g/mol. The van der Waals surface area contributed by atoms with Crippen LogP contribution in [-0.4, -0.2) is 24.0 Å². The van der Waals surface area contributed by atoms with Crippen molar-refractivity contribution >= 4 is 41.3 Å². The molecule has 0 aliphatic rings. The fourth-order valence-electron chi connectivity index (χ4n) is 2.42. The Labute approximate surface area is 182 Å². The quantitative estimate of drug-likeness (QED) is 0.176. The Balaban J connectivity index is 0.00000392. The molecule has 1 aromatic heterocycles. The van der Waals surface area contributed by atoms with Crippen molar-refractivity contribution in [2.45, 2.75) is 39.4 Å². The highest BCUT2D eigenvalue weighted by Crippen LogP contribution is 2.32. The van der Waals surface area contributed by atoms with Gasteiger partial charge in [-0.1, -0.05) is 6.07 Å². The standard InChI is InChI=1S/C18H22F4N4S.HI/c1-3-23-17(24-8-4-5-16-26-12(2)11-27-16)25-10-13-6-7-14(19)9-15(13)18(20,21)22;/h6-7,9,11H,3-5,8,10H2,1-2H3,(H2,23,24,25);1H. The summed E-state index contributed by atoms with van der Waals surface area (Å²) < 4.78 is 52.4. The van der Waals surface area contributed by atoms with Gasteiger partial charge in [-0.05, 0) is 38.0 Å². The van der Waals surface area contributed by atoms with Gasteiger partial charge in [0.1, 0.15) is 5.82 Å². The molecule has 156 valence electrons.